The fraction of sp³-hybridized carbons (Fsp3) is 0.778. The summed E-state index contributed by atoms with van der Waals surface area (Å²) in [5, 5.41) is 17.6. The van der Waals surface area contributed by atoms with Gasteiger partial charge in [-0.1, -0.05) is 12.8 Å². The molecular weight excluding hydrogens is 168 g/mol. The van der Waals surface area contributed by atoms with Gasteiger partial charge >= 0.3 is 5.97 Å². The first-order chi connectivity index (χ1) is 6.09. The zero-order valence-electron chi connectivity index (χ0n) is 7.49. The van der Waals surface area contributed by atoms with Crippen molar-refractivity contribution >= 4 is 5.97 Å². The van der Waals surface area contributed by atoms with Gasteiger partial charge in [-0.2, -0.15) is 5.26 Å². The van der Waals surface area contributed by atoms with Gasteiger partial charge in [-0.15, -0.1) is 0 Å². The van der Waals surface area contributed by atoms with Crippen molar-refractivity contribution in [2.24, 2.45) is 11.1 Å². The van der Waals surface area contributed by atoms with Crippen LogP contribution in [0.1, 0.15) is 32.1 Å². The number of carboxylic acid groups (broad SMARTS) is 1. The molecule has 0 aromatic heterocycles. The molecule has 0 radical (unpaired) electrons. The van der Waals surface area contributed by atoms with E-state index in [1.807, 2.05) is 0 Å². The van der Waals surface area contributed by atoms with Crippen LogP contribution in [0.2, 0.25) is 0 Å². The van der Waals surface area contributed by atoms with E-state index in [2.05, 4.69) is 6.07 Å². The lowest BCUT2D eigenvalue weighted by Gasteiger charge is -2.21. The standard InChI is InChI=1S/C9H14N2O2/c10-6-9(3-1-2-4-9)5-7(11)8(12)13/h7H,1-5,11H2,(H,12,13)/t7-/m1/s1. The van der Waals surface area contributed by atoms with Crippen molar-refractivity contribution < 1.29 is 9.90 Å². The van der Waals surface area contributed by atoms with E-state index in [0.29, 0.717) is 6.42 Å². The van der Waals surface area contributed by atoms with Gasteiger partial charge in [0.05, 0.1) is 11.5 Å². The van der Waals surface area contributed by atoms with Crippen LogP contribution in [0.25, 0.3) is 0 Å². The zero-order chi connectivity index (χ0) is 9.90. The Kier molecular flexibility index (Phi) is 2.89. The first-order valence-electron chi connectivity index (χ1n) is 4.49. The van der Waals surface area contributed by atoms with Gasteiger partial charge in [0.15, 0.2) is 0 Å². The van der Waals surface area contributed by atoms with Crippen LogP contribution in [-0.4, -0.2) is 17.1 Å². The molecule has 0 aliphatic heterocycles. The summed E-state index contributed by atoms with van der Waals surface area (Å²) in [5.41, 5.74) is 4.95. The second-order valence-electron chi connectivity index (χ2n) is 3.75. The Balaban J connectivity index is 2.59. The second-order valence-corrected chi connectivity index (χ2v) is 3.75. The maximum Gasteiger partial charge on any atom is 0.320 e. The van der Waals surface area contributed by atoms with Gasteiger partial charge < -0.3 is 10.8 Å². The van der Waals surface area contributed by atoms with Crippen LogP contribution in [0.4, 0.5) is 0 Å². The summed E-state index contributed by atoms with van der Waals surface area (Å²) in [5.74, 6) is -1.01. The van der Waals surface area contributed by atoms with Crippen molar-refractivity contribution in [3.05, 3.63) is 0 Å². The normalized spacial score (nSPS) is 22.2. The summed E-state index contributed by atoms with van der Waals surface area (Å²) >= 11 is 0. The summed E-state index contributed by atoms with van der Waals surface area (Å²) in [6.07, 6.45) is 3.91. The third-order valence-electron chi connectivity index (χ3n) is 2.73. The fourth-order valence-electron chi connectivity index (χ4n) is 1.92. The number of hydrogen-bond acceptors (Lipinski definition) is 3. The first-order valence-corrected chi connectivity index (χ1v) is 4.49. The van der Waals surface area contributed by atoms with Crippen LogP contribution in [0.5, 0.6) is 0 Å². The monoisotopic (exact) mass is 182 g/mol. The van der Waals surface area contributed by atoms with Crippen molar-refractivity contribution in [2.45, 2.75) is 38.1 Å². The summed E-state index contributed by atoms with van der Waals surface area (Å²) in [6, 6.07) is 1.33. The van der Waals surface area contributed by atoms with E-state index in [0.717, 1.165) is 25.7 Å². The van der Waals surface area contributed by atoms with Crippen LogP contribution in [-0.2, 0) is 4.79 Å². The Hall–Kier alpha value is -1.08. The molecule has 0 spiro atoms. The van der Waals surface area contributed by atoms with E-state index in [1.54, 1.807) is 0 Å². The minimum absolute atomic E-state index is 0.291. The smallest absolute Gasteiger partial charge is 0.320 e. The molecule has 4 nitrogen and oxygen atoms in total. The molecule has 1 rings (SSSR count). The highest BCUT2D eigenvalue weighted by Crippen LogP contribution is 2.40. The average molecular weight is 182 g/mol. The molecule has 72 valence electrons. The summed E-state index contributed by atoms with van der Waals surface area (Å²) in [6.45, 7) is 0. The minimum Gasteiger partial charge on any atom is -0.480 e. The molecule has 4 heteroatoms. The van der Waals surface area contributed by atoms with Crippen molar-refractivity contribution in [2.75, 3.05) is 0 Å². The molecule has 1 aliphatic carbocycles. The molecule has 0 amide bonds. The highest BCUT2D eigenvalue weighted by Gasteiger charge is 2.37. The van der Waals surface area contributed by atoms with Crippen molar-refractivity contribution in [3.63, 3.8) is 0 Å². The molecule has 0 heterocycles. The Morgan fingerprint density at radius 3 is 2.54 bits per heavy atom. The van der Waals surface area contributed by atoms with Crippen LogP contribution in [0.3, 0.4) is 0 Å². The summed E-state index contributed by atoms with van der Waals surface area (Å²) < 4.78 is 0. The second kappa shape index (κ2) is 3.75. The lowest BCUT2D eigenvalue weighted by molar-refractivity contribution is -0.139. The maximum atomic E-state index is 10.5. The number of hydrogen-bond donors (Lipinski definition) is 2. The SMILES string of the molecule is N#CC1(C[C@@H](N)C(=O)O)CCCC1. The van der Waals surface area contributed by atoms with Crippen LogP contribution < -0.4 is 5.73 Å². The number of nitrogens with zero attached hydrogens (tertiary/aromatic N) is 1. The number of carboxylic acids is 1. The minimum atomic E-state index is -1.01. The molecule has 0 saturated heterocycles. The number of nitriles is 1. The van der Waals surface area contributed by atoms with Crippen molar-refractivity contribution in [1.29, 1.82) is 5.26 Å². The molecule has 1 atom stereocenters. The quantitative estimate of drug-likeness (QED) is 0.678. The number of carbonyl (C=O) groups is 1. The molecule has 0 aromatic carbocycles. The van der Waals surface area contributed by atoms with Crippen molar-refractivity contribution in [1.82, 2.24) is 0 Å². The van der Waals surface area contributed by atoms with E-state index in [-0.39, 0.29) is 0 Å². The van der Waals surface area contributed by atoms with E-state index >= 15 is 0 Å². The third kappa shape index (κ3) is 2.19. The first kappa shape index (κ1) is 10.0. The van der Waals surface area contributed by atoms with E-state index in [4.69, 9.17) is 16.1 Å². The highest BCUT2D eigenvalue weighted by atomic mass is 16.4. The lowest BCUT2D eigenvalue weighted by Crippen LogP contribution is -2.35. The van der Waals surface area contributed by atoms with Gasteiger partial charge in [-0.3, -0.25) is 4.79 Å². The molecule has 0 unspecified atom stereocenters. The molecule has 1 saturated carbocycles. The van der Waals surface area contributed by atoms with E-state index in [1.165, 1.54) is 0 Å². The van der Waals surface area contributed by atoms with Crippen LogP contribution in [0.15, 0.2) is 0 Å². The van der Waals surface area contributed by atoms with Gasteiger partial charge in [0.25, 0.3) is 0 Å². The largest absolute Gasteiger partial charge is 0.480 e. The Labute approximate surface area is 77.3 Å². The predicted octanol–water partition coefficient (Wildman–Crippen LogP) is 0.872. The highest BCUT2D eigenvalue weighted by molar-refractivity contribution is 5.73. The van der Waals surface area contributed by atoms with E-state index < -0.39 is 17.4 Å². The van der Waals surface area contributed by atoms with E-state index in [9.17, 15) is 4.79 Å². The molecule has 0 aromatic rings. The Morgan fingerprint density at radius 2 is 2.15 bits per heavy atom. The fourth-order valence-corrected chi connectivity index (χ4v) is 1.92. The molecule has 0 bridgehead atoms. The summed E-state index contributed by atoms with van der Waals surface area (Å²) in [4.78, 5) is 10.5. The zero-order valence-corrected chi connectivity index (χ0v) is 7.49. The molecular formula is C9H14N2O2. The molecule has 1 fully saturated rings. The number of rotatable bonds is 3. The molecule has 13 heavy (non-hydrogen) atoms. The topological polar surface area (TPSA) is 87.1 Å². The van der Waals surface area contributed by atoms with Gasteiger partial charge in [0.1, 0.15) is 6.04 Å². The Bertz CT molecular complexity index is 238. The van der Waals surface area contributed by atoms with Gasteiger partial charge in [-0.25, -0.2) is 0 Å². The Morgan fingerprint density at radius 1 is 1.62 bits per heavy atom. The van der Waals surface area contributed by atoms with Crippen LogP contribution >= 0.6 is 0 Å². The van der Waals surface area contributed by atoms with Crippen molar-refractivity contribution in [3.8, 4) is 6.07 Å². The third-order valence-corrected chi connectivity index (χ3v) is 2.73. The number of aliphatic carboxylic acids is 1. The average Bonchev–Trinajstić information content (AvgIpc) is 2.54. The maximum absolute atomic E-state index is 10.5. The predicted molar refractivity (Wildman–Crippen MR) is 46.7 cm³/mol. The molecule has 3 N–H and O–H groups in total. The van der Waals surface area contributed by atoms with Gasteiger partial charge in [-0.05, 0) is 19.3 Å². The molecule has 1 aliphatic rings. The van der Waals surface area contributed by atoms with Gasteiger partial charge in [0.2, 0.25) is 0 Å². The van der Waals surface area contributed by atoms with Crippen LogP contribution in [0, 0.1) is 16.7 Å². The van der Waals surface area contributed by atoms with Gasteiger partial charge in [0, 0.05) is 0 Å². The lowest BCUT2D eigenvalue weighted by atomic mass is 9.82. The summed E-state index contributed by atoms with van der Waals surface area (Å²) in [7, 11) is 0. The number of nitrogens with two attached hydrogens (primary N) is 1.